The standard InChI is InChI=1S/C28H23N3O2/c1-4-9-22(5-2)29-27-18-26(33)24-16-17-25(21-14-12-20(13-15-21)19(3)32)30-28(24)31(27)23-10-7-6-8-11-23/h4-18,29H,1-2H2,3H3/b22-9+. The van der Waals surface area contributed by atoms with Gasteiger partial charge in [-0.1, -0.05) is 61.7 Å². The van der Waals surface area contributed by atoms with E-state index in [0.717, 1.165) is 11.3 Å². The Kier molecular flexibility index (Phi) is 6.13. The fraction of sp³-hybridized carbons (Fsp3) is 0.0357. The van der Waals surface area contributed by atoms with Crippen molar-refractivity contribution in [3.8, 4) is 16.9 Å². The molecule has 5 heteroatoms. The molecule has 5 nitrogen and oxygen atoms in total. The monoisotopic (exact) mass is 433 g/mol. The third-order valence-corrected chi connectivity index (χ3v) is 5.25. The van der Waals surface area contributed by atoms with Crippen molar-refractivity contribution in [3.05, 3.63) is 126 Å². The highest BCUT2D eigenvalue weighted by Gasteiger charge is 2.14. The molecule has 0 radical (unpaired) electrons. The van der Waals surface area contributed by atoms with Crippen molar-refractivity contribution >= 4 is 22.6 Å². The molecule has 0 saturated carbocycles. The molecule has 2 aromatic heterocycles. The first-order valence-corrected chi connectivity index (χ1v) is 10.5. The van der Waals surface area contributed by atoms with Crippen molar-refractivity contribution in [2.24, 2.45) is 0 Å². The Bertz CT molecular complexity index is 1450. The zero-order valence-corrected chi connectivity index (χ0v) is 18.3. The SMILES string of the molecule is C=C/C=C(\C=C)Nc1cc(=O)c2ccc(-c3ccc(C(C)=O)cc3)nc2n1-c1ccccc1. The number of allylic oxidation sites excluding steroid dienone is 3. The molecule has 162 valence electrons. The summed E-state index contributed by atoms with van der Waals surface area (Å²) >= 11 is 0. The van der Waals surface area contributed by atoms with E-state index in [9.17, 15) is 9.59 Å². The number of hydrogen-bond acceptors (Lipinski definition) is 4. The van der Waals surface area contributed by atoms with Crippen LogP contribution in [0.4, 0.5) is 5.82 Å². The maximum atomic E-state index is 13.0. The van der Waals surface area contributed by atoms with Crippen molar-refractivity contribution in [2.45, 2.75) is 6.92 Å². The fourth-order valence-electron chi connectivity index (χ4n) is 3.59. The summed E-state index contributed by atoms with van der Waals surface area (Å²) in [6.07, 6.45) is 5.08. The van der Waals surface area contributed by atoms with E-state index in [1.165, 1.54) is 6.92 Å². The quantitative estimate of drug-likeness (QED) is 0.290. The number of carbonyl (C=O) groups excluding carboxylic acids is 1. The predicted octanol–water partition coefficient (Wildman–Crippen LogP) is 5.92. The molecule has 0 saturated heterocycles. The van der Waals surface area contributed by atoms with Gasteiger partial charge in [-0.2, -0.15) is 0 Å². The zero-order chi connectivity index (χ0) is 23.4. The number of hydrogen-bond donors (Lipinski definition) is 1. The molecular formula is C28H23N3O2. The van der Waals surface area contributed by atoms with Gasteiger partial charge in [-0.25, -0.2) is 4.98 Å². The zero-order valence-electron chi connectivity index (χ0n) is 18.3. The molecule has 2 aromatic carbocycles. The molecular weight excluding hydrogens is 410 g/mol. The number of fused-ring (bicyclic) bond motifs is 1. The van der Waals surface area contributed by atoms with Gasteiger partial charge < -0.3 is 5.32 Å². The van der Waals surface area contributed by atoms with E-state index in [-0.39, 0.29) is 11.2 Å². The first-order chi connectivity index (χ1) is 16.0. The molecule has 0 spiro atoms. The van der Waals surface area contributed by atoms with E-state index in [0.29, 0.717) is 33.8 Å². The molecule has 1 N–H and O–H groups in total. The Morgan fingerprint density at radius 3 is 2.36 bits per heavy atom. The van der Waals surface area contributed by atoms with E-state index in [2.05, 4.69) is 18.5 Å². The van der Waals surface area contributed by atoms with Crippen LogP contribution in [0.2, 0.25) is 0 Å². The van der Waals surface area contributed by atoms with Crippen LogP contribution in [0.25, 0.3) is 28.0 Å². The van der Waals surface area contributed by atoms with Crippen molar-refractivity contribution in [1.29, 1.82) is 0 Å². The molecule has 2 heterocycles. The smallest absolute Gasteiger partial charge is 0.193 e. The second-order valence-corrected chi connectivity index (χ2v) is 7.45. The summed E-state index contributed by atoms with van der Waals surface area (Å²) in [5, 5.41) is 3.77. The summed E-state index contributed by atoms with van der Waals surface area (Å²) < 4.78 is 1.91. The van der Waals surface area contributed by atoms with Crippen molar-refractivity contribution < 1.29 is 4.79 Å². The molecule has 0 atom stereocenters. The summed E-state index contributed by atoms with van der Waals surface area (Å²) in [7, 11) is 0. The van der Waals surface area contributed by atoms with Gasteiger partial charge in [0.1, 0.15) is 5.82 Å². The van der Waals surface area contributed by atoms with Crippen molar-refractivity contribution in [3.63, 3.8) is 0 Å². The topological polar surface area (TPSA) is 64.0 Å². The highest BCUT2D eigenvalue weighted by atomic mass is 16.1. The van der Waals surface area contributed by atoms with Gasteiger partial charge in [-0.05, 0) is 43.3 Å². The number of rotatable bonds is 7. The van der Waals surface area contributed by atoms with Crippen LogP contribution in [0, 0.1) is 0 Å². The highest BCUT2D eigenvalue weighted by molar-refractivity contribution is 5.94. The summed E-state index contributed by atoms with van der Waals surface area (Å²) in [6.45, 7) is 9.10. The Hall–Kier alpha value is -4.51. The third-order valence-electron chi connectivity index (χ3n) is 5.25. The largest absolute Gasteiger partial charge is 0.341 e. The molecule has 0 aliphatic carbocycles. The normalized spacial score (nSPS) is 11.2. The first-order valence-electron chi connectivity index (χ1n) is 10.5. The van der Waals surface area contributed by atoms with Gasteiger partial charge in [0.05, 0.1) is 11.1 Å². The average molecular weight is 434 g/mol. The van der Waals surface area contributed by atoms with Gasteiger partial charge in [0.25, 0.3) is 0 Å². The van der Waals surface area contributed by atoms with Gasteiger partial charge in [-0.15, -0.1) is 0 Å². The molecule has 0 unspecified atom stereocenters. The summed E-state index contributed by atoms with van der Waals surface area (Å²) in [6, 6.07) is 22.2. The van der Waals surface area contributed by atoms with Crippen LogP contribution in [-0.2, 0) is 0 Å². The number of nitrogens with zero attached hydrogens (tertiary/aromatic N) is 2. The number of nitrogens with one attached hydrogen (secondary N) is 1. The summed E-state index contributed by atoms with van der Waals surface area (Å²) in [4.78, 5) is 29.5. The second kappa shape index (κ2) is 9.32. The van der Waals surface area contributed by atoms with E-state index in [1.54, 1.807) is 42.5 Å². The average Bonchev–Trinajstić information content (AvgIpc) is 2.84. The highest BCUT2D eigenvalue weighted by Crippen LogP contribution is 2.26. The maximum absolute atomic E-state index is 13.0. The molecule has 4 aromatic rings. The van der Waals surface area contributed by atoms with Crippen LogP contribution in [0.15, 0.2) is 115 Å². The molecule has 0 aliphatic rings. The van der Waals surface area contributed by atoms with Crippen LogP contribution in [0.1, 0.15) is 17.3 Å². The first kappa shape index (κ1) is 21.7. The number of benzene rings is 2. The second-order valence-electron chi connectivity index (χ2n) is 7.45. The van der Waals surface area contributed by atoms with Crippen molar-refractivity contribution in [2.75, 3.05) is 5.32 Å². The lowest BCUT2D eigenvalue weighted by atomic mass is 10.1. The molecule has 4 rings (SSSR count). The van der Waals surface area contributed by atoms with E-state index >= 15 is 0 Å². The molecule has 0 aliphatic heterocycles. The van der Waals surface area contributed by atoms with E-state index < -0.39 is 0 Å². The number of anilines is 1. The molecule has 0 amide bonds. The fourth-order valence-corrected chi connectivity index (χ4v) is 3.59. The maximum Gasteiger partial charge on any atom is 0.193 e. The Morgan fingerprint density at radius 1 is 1.00 bits per heavy atom. The lowest BCUT2D eigenvalue weighted by Gasteiger charge is -2.18. The summed E-state index contributed by atoms with van der Waals surface area (Å²) in [5.74, 6) is 0.565. The van der Waals surface area contributed by atoms with Crippen molar-refractivity contribution in [1.82, 2.24) is 9.55 Å². The minimum absolute atomic E-state index is 0.00672. The van der Waals surface area contributed by atoms with Gasteiger partial charge >= 0.3 is 0 Å². The lowest BCUT2D eigenvalue weighted by Crippen LogP contribution is -2.15. The van der Waals surface area contributed by atoms with Crippen LogP contribution < -0.4 is 10.7 Å². The summed E-state index contributed by atoms with van der Waals surface area (Å²) in [5.41, 5.74) is 4.11. The molecule has 0 bridgehead atoms. The number of pyridine rings is 2. The lowest BCUT2D eigenvalue weighted by molar-refractivity contribution is 0.101. The molecule has 33 heavy (non-hydrogen) atoms. The number of Topliss-reactive ketones (excluding diaryl/α,β-unsaturated/α-hetero) is 1. The molecule has 0 fully saturated rings. The third kappa shape index (κ3) is 4.43. The van der Waals surface area contributed by atoms with Crippen LogP contribution in [0.3, 0.4) is 0 Å². The predicted molar refractivity (Wildman–Crippen MR) is 135 cm³/mol. The minimum atomic E-state index is -0.146. The Labute approximate surface area is 192 Å². The number of aromatic nitrogens is 2. The van der Waals surface area contributed by atoms with Gasteiger partial charge in [0.15, 0.2) is 16.9 Å². The Morgan fingerprint density at radius 2 is 1.73 bits per heavy atom. The van der Waals surface area contributed by atoms with Crippen LogP contribution >= 0.6 is 0 Å². The van der Waals surface area contributed by atoms with E-state index in [1.807, 2.05) is 53.1 Å². The van der Waals surface area contributed by atoms with Gasteiger partial charge in [0, 0.05) is 28.6 Å². The van der Waals surface area contributed by atoms with E-state index in [4.69, 9.17) is 4.98 Å². The van der Waals surface area contributed by atoms with Gasteiger partial charge in [-0.3, -0.25) is 14.2 Å². The van der Waals surface area contributed by atoms with Gasteiger partial charge in [0.2, 0.25) is 0 Å². The number of carbonyl (C=O) groups is 1. The van der Waals surface area contributed by atoms with Crippen LogP contribution in [-0.4, -0.2) is 15.3 Å². The minimum Gasteiger partial charge on any atom is -0.341 e. The van der Waals surface area contributed by atoms with Crippen LogP contribution in [0.5, 0.6) is 0 Å². The number of para-hydroxylation sites is 1. The number of ketones is 1. The Balaban J connectivity index is 1.98.